The minimum absolute atomic E-state index is 0.111. The number of fused-ring (bicyclic) bond motifs is 1. The van der Waals surface area contributed by atoms with E-state index in [-0.39, 0.29) is 5.56 Å². The SMILES string of the molecule is Cc1[nH]c2c(-c3cnn(-c4ccccn4)c3)cnn2c(=O)c1C. The smallest absolute Gasteiger partial charge is 0.277 e. The highest BCUT2D eigenvalue weighted by molar-refractivity contribution is 5.76. The third-order valence-corrected chi connectivity index (χ3v) is 3.93. The Hall–Kier alpha value is -3.22. The summed E-state index contributed by atoms with van der Waals surface area (Å²) in [7, 11) is 0. The summed E-state index contributed by atoms with van der Waals surface area (Å²) in [5, 5.41) is 8.54. The largest absolute Gasteiger partial charge is 0.343 e. The van der Waals surface area contributed by atoms with E-state index in [1.165, 1.54) is 4.52 Å². The maximum absolute atomic E-state index is 12.3. The molecular weight excluding hydrogens is 292 g/mol. The van der Waals surface area contributed by atoms with Crippen LogP contribution in [-0.2, 0) is 0 Å². The van der Waals surface area contributed by atoms with Crippen LogP contribution in [-0.4, -0.2) is 29.4 Å². The average Bonchev–Trinajstić information content (AvgIpc) is 3.20. The van der Waals surface area contributed by atoms with Gasteiger partial charge in [-0.1, -0.05) is 6.07 Å². The fraction of sp³-hybridized carbons (Fsp3) is 0.125. The number of hydrogen-bond donors (Lipinski definition) is 1. The summed E-state index contributed by atoms with van der Waals surface area (Å²) in [6.07, 6.45) is 6.99. The standard InChI is InChI=1S/C16H14N6O/c1-10-11(2)20-15-13(8-19-22(15)16(10)23)12-7-18-21(9-12)14-5-3-4-6-17-14/h3-9,20H,1-2H3. The Morgan fingerprint density at radius 3 is 2.78 bits per heavy atom. The second-order valence-corrected chi connectivity index (χ2v) is 5.36. The lowest BCUT2D eigenvalue weighted by Gasteiger charge is -2.02. The Labute approximate surface area is 131 Å². The minimum atomic E-state index is -0.111. The molecule has 0 radical (unpaired) electrons. The Morgan fingerprint density at radius 2 is 2.00 bits per heavy atom. The van der Waals surface area contributed by atoms with Gasteiger partial charge in [0.1, 0.15) is 5.65 Å². The molecule has 114 valence electrons. The first-order chi connectivity index (χ1) is 11.1. The zero-order chi connectivity index (χ0) is 16.0. The summed E-state index contributed by atoms with van der Waals surface area (Å²) in [6, 6.07) is 5.64. The van der Waals surface area contributed by atoms with E-state index < -0.39 is 0 Å². The van der Waals surface area contributed by atoms with Crippen LogP contribution in [0.5, 0.6) is 0 Å². The van der Waals surface area contributed by atoms with E-state index in [9.17, 15) is 4.79 Å². The zero-order valence-electron chi connectivity index (χ0n) is 12.7. The van der Waals surface area contributed by atoms with E-state index in [0.717, 1.165) is 22.6 Å². The summed E-state index contributed by atoms with van der Waals surface area (Å²) in [6.45, 7) is 3.67. The molecule has 23 heavy (non-hydrogen) atoms. The quantitative estimate of drug-likeness (QED) is 0.613. The Kier molecular flexibility index (Phi) is 2.87. The summed E-state index contributed by atoms with van der Waals surface area (Å²) in [5.41, 5.74) is 3.74. The number of aromatic amines is 1. The first-order valence-corrected chi connectivity index (χ1v) is 7.19. The topological polar surface area (TPSA) is 80.9 Å². The van der Waals surface area contributed by atoms with Gasteiger partial charge in [-0.25, -0.2) is 9.67 Å². The van der Waals surface area contributed by atoms with Crippen LogP contribution in [0.4, 0.5) is 0 Å². The number of rotatable bonds is 2. The molecule has 0 amide bonds. The van der Waals surface area contributed by atoms with Gasteiger partial charge in [-0.2, -0.15) is 14.7 Å². The first kappa shape index (κ1) is 13.4. The molecule has 4 heterocycles. The van der Waals surface area contributed by atoms with Crippen molar-refractivity contribution >= 4 is 5.65 Å². The fourth-order valence-corrected chi connectivity index (χ4v) is 2.50. The molecule has 0 spiro atoms. The van der Waals surface area contributed by atoms with Crippen LogP contribution < -0.4 is 5.56 Å². The number of pyridine rings is 1. The minimum Gasteiger partial charge on any atom is -0.343 e. The molecule has 0 aromatic carbocycles. The summed E-state index contributed by atoms with van der Waals surface area (Å²) < 4.78 is 3.08. The first-order valence-electron chi connectivity index (χ1n) is 7.19. The van der Waals surface area contributed by atoms with Crippen LogP contribution in [0.2, 0.25) is 0 Å². The van der Waals surface area contributed by atoms with E-state index in [0.29, 0.717) is 11.2 Å². The number of H-pyrrole nitrogens is 1. The molecule has 4 aromatic rings. The van der Waals surface area contributed by atoms with E-state index >= 15 is 0 Å². The van der Waals surface area contributed by atoms with E-state index in [1.807, 2.05) is 31.3 Å². The highest BCUT2D eigenvalue weighted by Crippen LogP contribution is 2.23. The molecule has 7 nitrogen and oxygen atoms in total. The van der Waals surface area contributed by atoms with Gasteiger partial charge in [0.05, 0.1) is 12.4 Å². The molecule has 4 aromatic heterocycles. The summed E-state index contributed by atoms with van der Waals surface area (Å²) in [5.74, 6) is 0.732. The second-order valence-electron chi connectivity index (χ2n) is 5.36. The van der Waals surface area contributed by atoms with Gasteiger partial charge >= 0.3 is 0 Å². The number of aryl methyl sites for hydroxylation is 1. The van der Waals surface area contributed by atoms with Gasteiger partial charge in [0.2, 0.25) is 0 Å². The van der Waals surface area contributed by atoms with Gasteiger partial charge in [0.15, 0.2) is 5.82 Å². The van der Waals surface area contributed by atoms with Crippen molar-refractivity contribution in [3.05, 3.63) is 64.6 Å². The van der Waals surface area contributed by atoms with Gasteiger partial charge in [-0.15, -0.1) is 0 Å². The van der Waals surface area contributed by atoms with Crippen molar-refractivity contribution in [3.8, 4) is 16.9 Å². The molecule has 1 N–H and O–H groups in total. The molecule has 4 rings (SSSR count). The van der Waals surface area contributed by atoms with Gasteiger partial charge < -0.3 is 4.98 Å². The van der Waals surface area contributed by atoms with Crippen molar-refractivity contribution in [2.75, 3.05) is 0 Å². The third-order valence-electron chi connectivity index (χ3n) is 3.93. The average molecular weight is 306 g/mol. The molecular formula is C16H14N6O. The molecule has 0 saturated carbocycles. The molecule has 0 fully saturated rings. The zero-order valence-corrected chi connectivity index (χ0v) is 12.7. The van der Waals surface area contributed by atoms with E-state index in [4.69, 9.17) is 0 Å². The number of aromatic nitrogens is 6. The van der Waals surface area contributed by atoms with Crippen molar-refractivity contribution in [2.24, 2.45) is 0 Å². The summed E-state index contributed by atoms with van der Waals surface area (Å²) in [4.78, 5) is 19.8. The van der Waals surface area contributed by atoms with Gasteiger partial charge in [0.25, 0.3) is 5.56 Å². The molecule has 0 bridgehead atoms. The molecule has 0 unspecified atom stereocenters. The highest BCUT2D eigenvalue weighted by Gasteiger charge is 2.14. The molecule has 0 aliphatic carbocycles. The maximum atomic E-state index is 12.3. The van der Waals surface area contributed by atoms with Crippen molar-refractivity contribution < 1.29 is 0 Å². The van der Waals surface area contributed by atoms with Crippen LogP contribution in [0.25, 0.3) is 22.6 Å². The number of hydrogen-bond acceptors (Lipinski definition) is 4. The molecule has 7 heteroatoms. The van der Waals surface area contributed by atoms with Crippen molar-refractivity contribution in [1.29, 1.82) is 0 Å². The van der Waals surface area contributed by atoms with Gasteiger partial charge in [-0.05, 0) is 26.0 Å². The van der Waals surface area contributed by atoms with Crippen LogP contribution in [0.3, 0.4) is 0 Å². The van der Waals surface area contributed by atoms with Crippen molar-refractivity contribution in [3.63, 3.8) is 0 Å². The lowest BCUT2D eigenvalue weighted by atomic mass is 10.2. The normalized spacial score (nSPS) is 11.2. The highest BCUT2D eigenvalue weighted by atomic mass is 16.1. The van der Waals surface area contributed by atoms with E-state index in [1.54, 1.807) is 30.2 Å². The predicted molar refractivity (Wildman–Crippen MR) is 85.6 cm³/mol. The van der Waals surface area contributed by atoms with E-state index in [2.05, 4.69) is 20.2 Å². The number of nitrogens with zero attached hydrogens (tertiary/aromatic N) is 5. The lowest BCUT2D eigenvalue weighted by molar-refractivity contribution is 0.847. The molecule has 0 saturated heterocycles. The fourth-order valence-electron chi connectivity index (χ4n) is 2.50. The second kappa shape index (κ2) is 4.91. The van der Waals surface area contributed by atoms with Crippen LogP contribution in [0, 0.1) is 13.8 Å². The van der Waals surface area contributed by atoms with Gasteiger partial charge in [-0.3, -0.25) is 4.79 Å². The Morgan fingerprint density at radius 1 is 1.13 bits per heavy atom. The molecule has 0 atom stereocenters. The van der Waals surface area contributed by atoms with Crippen molar-refractivity contribution in [1.82, 2.24) is 29.4 Å². The number of nitrogens with one attached hydrogen (secondary N) is 1. The van der Waals surface area contributed by atoms with Crippen LogP contribution in [0.1, 0.15) is 11.3 Å². The Balaban J connectivity index is 1.88. The van der Waals surface area contributed by atoms with Crippen LogP contribution in [0.15, 0.2) is 47.8 Å². The monoisotopic (exact) mass is 306 g/mol. The lowest BCUT2D eigenvalue weighted by Crippen LogP contribution is -2.19. The molecule has 0 aliphatic rings. The maximum Gasteiger partial charge on any atom is 0.277 e. The predicted octanol–water partition coefficient (Wildman–Crippen LogP) is 1.89. The Bertz CT molecular complexity index is 1060. The molecule has 0 aliphatic heterocycles. The van der Waals surface area contributed by atoms with Gasteiger partial charge in [0, 0.05) is 34.8 Å². The summed E-state index contributed by atoms with van der Waals surface area (Å²) >= 11 is 0. The van der Waals surface area contributed by atoms with Crippen LogP contribution >= 0.6 is 0 Å². The van der Waals surface area contributed by atoms with Crippen molar-refractivity contribution in [2.45, 2.75) is 13.8 Å². The third kappa shape index (κ3) is 2.05.